The van der Waals surface area contributed by atoms with Gasteiger partial charge in [-0.25, -0.2) is 34.8 Å². The Morgan fingerprint density at radius 2 is 1.31 bits per heavy atom. The van der Waals surface area contributed by atoms with Gasteiger partial charge in [0.25, 0.3) is 18.2 Å². The number of imide groups is 1. The Hall–Kier alpha value is -3.12. The number of carbonyl (C=O) groups excluding carboxylic acids is 5. The molecule has 0 saturated carbocycles. The van der Waals surface area contributed by atoms with Gasteiger partial charge in [0.1, 0.15) is 0 Å². The molecule has 0 bridgehead atoms. The van der Waals surface area contributed by atoms with Crippen LogP contribution in [0.5, 0.6) is 0 Å². The molecule has 0 aromatic carbocycles. The van der Waals surface area contributed by atoms with Crippen molar-refractivity contribution in [1.29, 1.82) is 0 Å². The maximum absolute atomic E-state index is 11.0. The molecule has 4 amide bonds. The largest absolute Gasteiger partial charge is 0.368 e. The average Bonchev–Trinajstić information content (AvgIpc) is 2.29. The fourth-order valence-electron chi connectivity index (χ4n) is 0.460. The zero-order chi connectivity index (χ0) is 12.4. The highest BCUT2D eigenvalue weighted by Crippen LogP contribution is 1.91. The van der Waals surface area contributed by atoms with Crippen molar-refractivity contribution in [3.8, 4) is 0 Å². The fraction of sp³-hybridized carbons (Fsp3) is 0. The summed E-state index contributed by atoms with van der Waals surface area (Å²) in [6.07, 6.45) is 2.75. The molecule has 2 N–H and O–H groups in total. The van der Waals surface area contributed by atoms with E-state index < -0.39 is 12.1 Å². The second-order valence-corrected chi connectivity index (χ2v) is 1.74. The van der Waals surface area contributed by atoms with Crippen LogP contribution in [0.3, 0.4) is 0 Å². The first-order valence-corrected chi connectivity index (χ1v) is 3.29. The highest BCUT2D eigenvalue weighted by atomic mass is 16.2. The second-order valence-electron chi connectivity index (χ2n) is 1.74. The summed E-state index contributed by atoms with van der Waals surface area (Å²) in [6, 6.07) is -2.71. The number of nitrogens with zero attached hydrogens (tertiary/aromatic N) is 4. The molecule has 0 saturated heterocycles. The Morgan fingerprint density at radius 1 is 0.875 bits per heavy atom. The summed E-state index contributed by atoms with van der Waals surface area (Å²) in [5.41, 5.74) is 2.98. The number of nitrogens with one attached hydrogen (secondary N) is 2. The summed E-state index contributed by atoms with van der Waals surface area (Å²) in [5, 5.41) is 7.76. The number of isocyanates is 3. The number of carbonyl (C=O) groups is 2. The average molecular weight is 226 g/mol. The van der Waals surface area contributed by atoms with E-state index >= 15 is 0 Å². The van der Waals surface area contributed by atoms with Crippen LogP contribution in [-0.4, -0.2) is 35.3 Å². The smallest absolute Gasteiger partial charge is 0.244 e. The fourth-order valence-corrected chi connectivity index (χ4v) is 0.460. The lowest BCUT2D eigenvalue weighted by molar-refractivity contribution is 0.187. The lowest BCUT2D eigenvalue weighted by atomic mass is 10.8. The standard InChI is InChI=1S/C5H2N6O5/c12-1-6-9-4(15)11(8-3-14)5(16)10-7-2-13/h(H,9,15)(H,10,16). The first-order valence-electron chi connectivity index (χ1n) is 3.29. The number of hydrogen-bond acceptors (Lipinski definition) is 8. The molecule has 0 atom stereocenters. The SMILES string of the molecule is O=C=NNC(=O)N(N=C=O)C(=O)NN=C=O. The zero-order valence-electron chi connectivity index (χ0n) is 7.33. The molecular weight excluding hydrogens is 224 g/mol. The lowest BCUT2D eigenvalue weighted by Crippen LogP contribution is -2.42. The van der Waals surface area contributed by atoms with Crippen molar-refractivity contribution in [1.82, 2.24) is 15.9 Å². The molecule has 0 rings (SSSR count). The molecule has 0 aliphatic carbocycles. The minimum atomic E-state index is -1.36. The molecule has 0 radical (unpaired) electrons. The van der Waals surface area contributed by atoms with E-state index in [4.69, 9.17) is 0 Å². The predicted molar refractivity (Wildman–Crippen MR) is 43.3 cm³/mol. The summed E-state index contributed by atoms with van der Waals surface area (Å²) < 4.78 is 0. The Balaban J connectivity index is 4.77. The van der Waals surface area contributed by atoms with E-state index in [1.165, 1.54) is 10.9 Å². The van der Waals surface area contributed by atoms with E-state index in [-0.39, 0.29) is 5.01 Å². The van der Waals surface area contributed by atoms with Gasteiger partial charge >= 0.3 is 12.1 Å². The van der Waals surface area contributed by atoms with E-state index in [1.54, 1.807) is 0 Å². The van der Waals surface area contributed by atoms with Crippen LogP contribution in [0.25, 0.3) is 0 Å². The minimum absolute atomic E-state index is 0.116. The predicted octanol–water partition coefficient (Wildman–Crippen LogP) is -1.54. The van der Waals surface area contributed by atoms with Crippen LogP contribution in [0, 0.1) is 0 Å². The van der Waals surface area contributed by atoms with E-state index in [2.05, 4.69) is 15.3 Å². The van der Waals surface area contributed by atoms with Crippen LogP contribution in [0.1, 0.15) is 0 Å². The van der Waals surface area contributed by atoms with Gasteiger partial charge in [-0.05, 0) is 0 Å². The number of hydrogen-bond donors (Lipinski definition) is 2. The highest BCUT2D eigenvalue weighted by molar-refractivity contribution is 5.93. The first-order chi connectivity index (χ1) is 7.67. The minimum Gasteiger partial charge on any atom is -0.244 e. The molecule has 16 heavy (non-hydrogen) atoms. The number of urea groups is 2. The molecular formula is C5H2N6O5. The van der Waals surface area contributed by atoms with Gasteiger partial charge in [0.2, 0.25) is 0 Å². The Labute approximate surface area is 86.5 Å². The number of rotatable bonds is 3. The van der Waals surface area contributed by atoms with Gasteiger partial charge in [0.05, 0.1) is 0 Å². The van der Waals surface area contributed by atoms with Gasteiger partial charge < -0.3 is 0 Å². The third kappa shape index (κ3) is 4.21. The molecule has 0 aliphatic rings. The van der Waals surface area contributed by atoms with Crippen molar-refractivity contribution in [3.05, 3.63) is 0 Å². The second kappa shape index (κ2) is 7.30. The summed E-state index contributed by atoms with van der Waals surface area (Å²) in [7, 11) is 0. The number of hydrazone groups is 3. The van der Waals surface area contributed by atoms with E-state index in [1.807, 2.05) is 0 Å². The normalized spacial score (nSPS) is 7.25. The molecule has 0 fully saturated rings. The van der Waals surface area contributed by atoms with Gasteiger partial charge in [-0.15, -0.1) is 5.01 Å². The summed E-state index contributed by atoms with van der Waals surface area (Å²) in [6.45, 7) is 0. The lowest BCUT2D eigenvalue weighted by Gasteiger charge is -2.09. The van der Waals surface area contributed by atoms with Gasteiger partial charge in [-0.2, -0.15) is 0 Å². The van der Waals surface area contributed by atoms with Crippen LogP contribution in [-0.2, 0) is 14.4 Å². The van der Waals surface area contributed by atoms with Crippen molar-refractivity contribution in [2.24, 2.45) is 15.3 Å². The van der Waals surface area contributed by atoms with Crippen LogP contribution < -0.4 is 10.9 Å². The van der Waals surface area contributed by atoms with Gasteiger partial charge in [-0.1, -0.05) is 15.3 Å². The van der Waals surface area contributed by atoms with Crippen LogP contribution in [0.2, 0.25) is 0 Å². The van der Waals surface area contributed by atoms with Gasteiger partial charge in [0.15, 0.2) is 0 Å². The topological polar surface area (TPSA) is 150 Å². The summed E-state index contributed by atoms with van der Waals surface area (Å²) >= 11 is 0. The van der Waals surface area contributed by atoms with Crippen molar-refractivity contribution in [2.75, 3.05) is 0 Å². The molecule has 82 valence electrons. The number of amides is 4. The van der Waals surface area contributed by atoms with E-state index in [0.717, 1.165) is 18.2 Å². The van der Waals surface area contributed by atoms with Gasteiger partial charge in [-0.3, -0.25) is 0 Å². The monoisotopic (exact) mass is 226 g/mol. The third-order valence-corrected chi connectivity index (χ3v) is 0.920. The Bertz CT molecular complexity index is 395. The quantitative estimate of drug-likeness (QED) is 0.339. The highest BCUT2D eigenvalue weighted by Gasteiger charge is 2.21. The molecule has 0 aromatic heterocycles. The van der Waals surface area contributed by atoms with Crippen LogP contribution in [0.4, 0.5) is 9.59 Å². The van der Waals surface area contributed by atoms with Gasteiger partial charge in [0, 0.05) is 0 Å². The maximum Gasteiger partial charge on any atom is 0.368 e. The Morgan fingerprint density at radius 3 is 1.62 bits per heavy atom. The van der Waals surface area contributed by atoms with Crippen molar-refractivity contribution in [3.63, 3.8) is 0 Å². The molecule has 0 spiro atoms. The summed E-state index contributed by atoms with van der Waals surface area (Å²) in [4.78, 5) is 51.0. The van der Waals surface area contributed by atoms with E-state index in [0.29, 0.717) is 0 Å². The molecule has 0 unspecified atom stereocenters. The van der Waals surface area contributed by atoms with E-state index in [9.17, 15) is 24.0 Å². The Kier molecular flexibility index (Phi) is 5.88. The molecule has 11 nitrogen and oxygen atoms in total. The van der Waals surface area contributed by atoms with Crippen molar-refractivity contribution >= 4 is 30.3 Å². The van der Waals surface area contributed by atoms with Crippen LogP contribution >= 0.6 is 0 Å². The maximum atomic E-state index is 11.0. The molecule has 0 aromatic rings. The molecule has 0 aliphatic heterocycles. The zero-order valence-corrected chi connectivity index (χ0v) is 7.33. The van der Waals surface area contributed by atoms with Crippen molar-refractivity contribution < 1.29 is 24.0 Å². The molecule has 0 heterocycles. The first kappa shape index (κ1) is 12.9. The third-order valence-electron chi connectivity index (χ3n) is 0.920. The van der Waals surface area contributed by atoms with Crippen LogP contribution in [0.15, 0.2) is 15.3 Å². The molecule has 11 heteroatoms. The van der Waals surface area contributed by atoms with Crippen molar-refractivity contribution in [2.45, 2.75) is 0 Å². The summed E-state index contributed by atoms with van der Waals surface area (Å²) in [5.74, 6) is 0.